The summed E-state index contributed by atoms with van der Waals surface area (Å²) in [6.45, 7) is 4.24. The van der Waals surface area contributed by atoms with Crippen molar-refractivity contribution in [3.05, 3.63) is 53.6 Å². The Morgan fingerprint density at radius 2 is 1.66 bits per heavy atom. The van der Waals surface area contributed by atoms with Gasteiger partial charge in [0.1, 0.15) is 5.82 Å². The van der Waals surface area contributed by atoms with Crippen molar-refractivity contribution in [2.75, 3.05) is 36.9 Å². The first-order valence-corrected chi connectivity index (χ1v) is 14.9. The van der Waals surface area contributed by atoms with E-state index in [2.05, 4.69) is 27.9 Å². The predicted octanol–water partition coefficient (Wildman–Crippen LogP) is 5.57. The summed E-state index contributed by atoms with van der Waals surface area (Å²) in [6.07, 6.45) is -1.00. The molecular formula is C27H33ClF3N5O4S. The number of carboxylic acid groups (broad SMARTS) is 1. The Morgan fingerprint density at radius 1 is 1.05 bits per heavy atom. The zero-order valence-electron chi connectivity index (χ0n) is 22.7. The second kappa shape index (κ2) is 14.1. The molecule has 0 bridgehead atoms. The minimum Gasteiger partial charge on any atom is -0.475 e. The van der Waals surface area contributed by atoms with Crippen LogP contribution in [-0.2, 0) is 14.8 Å². The Hall–Kier alpha value is -3.16. The van der Waals surface area contributed by atoms with Crippen LogP contribution in [0.2, 0.25) is 5.02 Å². The first-order valence-electron chi connectivity index (χ1n) is 13.1. The Morgan fingerprint density at radius 3 is 2.24 bits per heavy atom. The van der Waals surface area contributed by atoms with Gasteiger partial charge in [-0.2, -0.15) is 18.2 Å². The number of rotatable bonds is 9. The summed E-state index contributed by atoms with van der Waals surface area (Å²) in [5, 5.41) is 12.0. The third kappa shape index (κ3) is 9.44. The van der Waals surface area contributed by atoms with E-state index in [0.29, 0.717) is 29.4 Å². The Balaban J connectivity index is 0.000000587. The first kappa shape index (κ1) is 32.4. The third-order valence-corrected chi connectivity index (χ3v) is 8.50. The lowest BCUT2D eigenvalue weighted by Crippen LogP contribution is -2.32. The van der Waals surface area contributed by atoms with Crippen LogP contribution in [0, 0.1) is 11.8 Å². The smallest absolute Gasteiger partial charge is 0.475 e. The highest BCUT2D eigenvalue weighted by molar-refractivity contribution is 7.89. The fourth-order valence-corrected chi connectivity index (χ4v) is 5.82. The molecule has 1 aromatic heterocycles. The van der Waals surface area contributed by atoms with Crippen LogP contribution in [0.5, 0.6) is 0 Å². The number of sulfonamides is 1. The highest BCUT2D eigenvalue weighted by Crippen LogP contribution is 2.30. The molecule has 0 radical (unpaired) electrons. The van der Waals surface area contributed by atoms with Gasteiger partial charge in [-0.1, -0.05) is 29.8 Å². The number of alkyl halides is 3. The number of nitrogens with one attached hydrogen (secondary N) is 2. The number of carboxylic acids is 1. The Kier molecular flexibility index (Phi) is 11.2. The van der Waals surface area contributed by atoms with Crippen LogP contribution in [0.3, 0.4) is 0 Å². The van der Waals surface area contributed by atoms with Crippen molar-refractivity contribution < 1.29 is 31.5 Å². The van der Waals surface area contributed by atoms with E-state index in [1.807, 2.05) is 25.2 Å². The van der Waals surface area contributed by atoms with E-state index in [0.717, 1.165) is 55.5 Å². The van der Waals surface area contributed by atoms with Gasteiger partial charge in [0.05, 0.1) is 10.4 Å². The zero-order chi connectivity index (χ0) is 30.2. The summed E-state index contributed by atoms with van der Waals surface area (Å²) in [5.74, 6) is -0.306. The van der Waals surface area contributed by atoms with Crippen molar-refractivity contribution in [2.45, 2.75) is 43.7 Å². The molecule has 2 aromatic carbocycles. The number of fused-ring (bicyclic) bond motifs is 1. The normalized spacial score (nSPS) is 17.4. The van der Waals surface area contributed by atoms with E-state index < -0.39 is 22.2 Å². The largest absolute Gasteiger partial charge is 0.490 e. The molecule has 0 atom stereocenters. The van der Waals surface area contributed by atoms with Crippen molar-refractivity contribution in [1.82, 2.24) is 14.7 Å². The number of halogens is 4. The molecule has 1 aliphatic carbocycles. The molecular weight excluding hydrogens is 583 g/mol. The van der Waals surface area contributed by atoms with Crippen LogP contribution in [0.25, 0.3) is 10.9 Å². The monoisotopic (exact) mass is 615 g/mol. The van der Waals surface area contributed by atoms with Gasteiger partial charge in [0, 0.05) is 37.1 Å². The topological polar surface area (TPSA) is 125 Å². The number of carbonyl (C=O) groups is 1. The molecule has 14 heteroatoms. The van der Waals surface area contributed by atoms with Crippen molar-refractivity contribution >= 4 is 50.3 Å². The van der Waals surface area contributed by atoms with Crippen molar-refractivity contribution in [3.63, 3.8) is 0 Å². The highest BCUT2D eigenvalue weighted by atomic mass is 35.5. The number of anilines is 2. The second-order valence-corrected chi connectivity index (χ2v) is 12.0. The molecule has 0 unspecified atom stereocenters. The molecule has 41 heavy (non-hydrogen) atoms. The summed E-state index contributed by atoms with van der Waals surface area (Å²) < 4.78 is 59.6. The maximum absolute atomic E-state index is 12.5. The molecule has 1 heterocycles. The van der Waals surface area contributed by atoms with Gasteiger partial charge in [0.2, 0.25) is 16.0 Å². The molecule has 4 rings (SSSR count). The van der Waals surface area contributed by atoms with E-state index >= 15 is 0 Å². The molecule has 0 aliphatic heterocycles. The molecule has 3 N–H and O–H groups in total. The number of hydrogen-bond acceptors (Lipinski definition) is 7. The summed E-state index contributed by atoms with van der Waals surface area (Å²) in [4.78, 5) is 20.7. The van der Waals surface area contributed by atoms with Crippen LogP contribution in [0.15, 0.2) is 53.4 Å². The van der Waals surface area contributed by atoms with Crippen LogP contribution < -0.4 is 14.9 Å². The summed E-state index contributed by atoms with van der Waals surface area (Å²) in [6, 6.07) is 14.4. The van der Waals surface area contributed by atoms with Crippen LogP contribution in [0.1, 0.15) is 32.6 Å². The molecule has 3 aromatic rings. The number of aliphatic carboxylic acids is 1. The number of benzene rings is 2. The van der Waals surface area contributed by atoms with Crippen LogP contribution >= 0.6 is 11.6 Å². The zero-order valence-corrected chi connectivity index (χ0v) is 24.2. The van der Waals surface area contributed by atoms with Gasteiger partial charge >= 0.3 is 12.1 Å². The van der Waals surface area contributed by atoms with Gasteiger partial charge in [-0.25, -0.2) is 22.9 Å². The lowest BCUT2D eigenvalue weighted by atomic mass is 9.82. The van der Waals surface area contributed by atoms with E-state index in [1.54, 1.807) is 18.2 Å². The Bertz CT molecular complexity index is 1430. The lowest BCUT2D eigenvalue weighted by Gasteiger charge is -2.29. The standard InChI is InChI=1S/C25H32ClN5O2S.C2HF3O2/c1-3-31(2)24-22-9-4-5-10-23(22)29-25(30-24)27-16-18-11-13-19(14-12-18)17-28-34(32,33)21-8-6-7-20(26)15-21;3-2(4,5)1(6)7/h4-10,15,18-19,28H,3,11-14,16-17H2,1-2H3,(H,27,29,30);(H,6,7). The minimum absolute atomic E-state index is 0.210. The van der Waals surface area contributed by atoms with E-state index in [-0.39, 0.29) is 4.90 Å². The highest BCUT2D eigenvalue weighted by Gasteiger charge is 2.38. The fourth-order valence-electron chi connectivity index (χ4n) is 4.40. The molecule has 0 saturated heterocycles. The van der Waals surface area contributed by atoms with E-state index in [1.165, 1.54) is 6.07 Å². The van der Waals surface area contributed by atoms with Gasteiger partial charge < -0.3 is 15.3 Å². The molecule has 0 spiro atoms. The third-order valence-electron chi connectivity index (χ3n) is 6.85. The minimum atomic E-state index is -5.08. The lowest BCUT2D eigenvalue weighted by molar-refractivity contribution is -0.192. The molecule has 1 fully saturated rings. The van der Waals surface area contributed by atoms with Gasteiger partial charge in [0.15, 0.2) is 0 Å². The number of aromatic nitrogens is 2. The van der Waals surface area contributed by atoms with Gasteiger partial charge in [-0.15, -0.1) is 0 Å². The summed E-state index contributed by atoms with van der Waals surface area (Å²) in [7, 11) is -1.50. The van der Waals surface area contributed by atoms with Crippen molar-refractivity contribution in [2.24, 2.45) is 11.8 Å². The van der Waals surface area contributed by atoms with Crippen molar-refractivity contribution in [3.8, 4) is 0 Å². The number of hydrogen-bond donors (Lipinski definition) is 3. The summed E-state index contributed by atoms with van der Waals surface area (Å²) >= 11 is 5.94. The van der Waals surface area contributed by atoms with Gasteiger partial charge in [-0.05, 0) is 74.8 Å². The van der Waals surface area contributed by atoms with E-state index in [9.17, 15) is 21.6 Å². The molecule has 1 aliphatic rings. The number of para-hydroxylation sites is 1. The maximum atomic E-state index is 12.5. The molecule has 0 amide bonds. The predicted molar refractivity (Wildman–Crippen MR) is 153 cm³/mol. The SMILES string of the molecule is CCN(C)c1nc(NCC2CCC(CNS(=O)(=O)c3cccc(Cl)c3)CC2)nc2ccccc12.O=C(O)C(F)(F)F. The van der Waals surface area contributed by atoms with Gasteiger partial charge in [0.25, 0.3) is 0 Å². The fraction of sp³-hybridized carbons (Fsp3) is 0.444. The number of nitrogens with zero attached hydrogens (tertiary/aromatic N) is 3. The summed E-state index contributed by atoms with van der Waals surface area (Å²) in [5.41, 5.74) is 0.936. The quantitative estimate of drug-likeness (QED) is 0.285. The average Bonchev–Trinajstić information content (AvgIpc) is 2.94. The Labute approximate surface area is 242 Å². The maximum Gasteiger partial charge on any atom is 0.490 e. The molecule has 1 saturated carbocycles. The second-order valence-electron chi connectivity index (χ2n) is 9.78. The van der Waals surface area contributed by atoms with Crippen LogP contribution in [-0.4, -0.2) is 62.3 Å². The van der Waals surface area contributed by atoms with Crippen LogP contribution in [0.4, 0.5) is 24.9 Å². The first-order chi connectivity index (χ1) is 19.3. The van der Waals surface area contributed by atoms with Crippen molar-refractivity contribution in [1.29, 1.82) is 0 Å². The average molecular weight is 616 g/mol. The molecule has 224 valence electrons. The van der Waals surface area contributed by atoms with E-state index in [4.69, 9.17) is 31.5 Å². The molecule has 9 nitrogen and oxygen atoms in total. The van der Waals surface area contributed by atoms with Gasteiger partial charge in [-0.3, -0.25) is 0 Å².